The van der Waals surface area contributed by atoms with Crippen molar-refractivity contribution in [2.24, 2.45) is 5.92 Å². The summed E-state index contributed by atoms with van der Waals surface area (Å²) >= 11 is 0. The quantitative estimate of drug-likeness (QED) is 0.821. The Morgan fingerprint density at radius 2 is 2.06 bits per heavy atom. The van der Waals surface area contributed by atoms with E-state index in [-0.39, 0.29) is 0 Å². The van der Waals surface area contributed by atoms with Crippen LogP contribution in [0.4, 0.5) is 5.82 Å². The lowest BCUT2D eigenvalue weighted by Crippen LogP contribution is -2.38. The molecule has 0 aliphatic carbocycles. The first-order valence-electron chi connectivity index (χ1n) is 6.80. The second kappa shape index (κ2) is 6.14. The molecule has 1 aromatic rings. The summed E-state index contributed by atoms with van der Waals surface area (Å²) in [5, 5.41) is 0. The van der Waals surface area contributed by atoms with Crippen molar-refractivity contribution in [3.8, 4) is 0 Å². The summed E-state index contributed by atoms with van der Waals surface area (Å²) in [5.74, 6) is 1.66. The summed E-state index contributed by atoms with van der Waals surface area (Å²) in [5.41, 5.74) is 1.03. The molecule has 0 unspecified atom stereocenters. The van der Waals surface area contributed by atoms with Gasteiger partial charge in [0.15, 0.2) is 0 Å². The number of anilines is 1. The highest BCUT2D eigenvalue weighted by molar-refractivity contribution is 5.39. The maximum atomic E-state index is 5.89. The van der Waals surface area contributed by atoms with Crippen LogP contribution in [0.3, 0.4) is 0 Å². The molecule has 4 nitrogen and oxygen atoms in total. The average Bonchev–Trinajstić information content (AvgIpc) is 2.37. The third kappa shape index (κ3) is 3.67. The Morgan fingerprint density at radius 1 is 1.33 bits per heavy atom. The van der Waals surface area contributed by atoms with E-state index in [1.54, 1.807) is 6.33 Å². The lowest BCUT2D eigenvalue weighted by atomic mass is 10.1. The molecule has 0 amide bonds. The van der Waals surface area contributed by atoms with Gasteiger partial charge in [-0.2, -0.15) is 0 Å². The molecular weight excluding hydrogens is 226 g/mol. The molecule has 4 heteroatoms. The second-order valence-electron chi connectivity index (χ2n) is 5.43. The number of aromatic nitrogens is 2. The van der Waals surface area contributed by atoms with Crippen LogP contribution in [0.15, 0.2) is 12.4 Å². The first-order valence-corrected chi connectivity index (χ1v) is 6.80. The number of piperidine rings is 1. The molecule has 18 heavy (non-hydrogen) atoms. The van der Waals surface area contributed by atoms with Gasteiger partial charge in [-0.15, -0.1) is 0 Å². The maximum absolute atomic E-state index is 5.89. The van der Waals surface area contributed by atoms with E-state index in [2.05, 4.69) is 34.8 Å². The third-order valence-corrected chi connectivity index (χ3v) is 3.22. The van der Waals surface area contributed by atoms with Gasteiger partial charge in [0.2, 0.25) is 0 Å². The largest absolute Gasteiger partial charge is 0.378 e. The predicted molar refractivity (Wildman–Crippen MR) is 72.8 cm³/mol. The first kappa shape index (κ1) is 13.3. The van der Waals surface area contributed by atoms with Crippen LogP contribution in [-0.4, -0.2) is 35.8 Å². The Bertz CT molecular complexity index is 373. The van der Waals surface area contributed by atoms with Crippen LogP contribution in [0.5, 0.6) is 0 Å². The topological polar surface area (TPSA) is 38.2 Å². The Kier molecular flexibility index (Phi) is 4.53. The van der Waals surface area contributed by atoms with Crippen molar-refractivity contribution in [1.82, 2.24) is 9.97 Å². The first-order chi connectivity index (χ1) is 8.65. The molecule has 2 heterocycles. The molecular formula is C14H23N3O. The lowest BCUT2D eigenvalue weighted by molar-refractivity contribution is 0.0214. The molecule has 0 N–H and O–H groups in total. The standard InChI is InChI=1S/C14H23N3O/c1-11(2)9-18-13-4-6-17(7-5-13)14-8-12(3)15-10-16-14/h8,10-11,13H,4-7,9H2,1-3H3. The minimum atomic E-state index is 0.423. The molecule has 1 aliphatic rings. The van der Waals surface area contributed by atoms with Crippen molar-refractivity contribution in [2.75, 3.05) is 24.6 Å². The van der Waals surface area contributed by atoms with Crippen molar-refractivity contribution >= 4 is 5.82 Å². The molecule has 1 fully saturated rings. The molecule has 0 radical (unpaired) electrons. The van der Waals surface area contributed by atoms with Crippen molar-refractivity contribution in [3.05, 3.63) is 18.1 Å². The number of hydrogen-bond acceptors (Lipinski definition) is 4. The van der Waals surface area contributed by atoms with E-state index in [1.807, 2.05) is 6.92 Å². The Morgan fingerprint density at radius 3 is 2.67 bits per heavy atom. The van der Waals surface area contributed by atoms with E-state index in [1.165, 1.54) is 0 Å². The SMILES string of the molecule is Cc1cc(N2CCC(OCC(C)C)CC2)ncn1. The zero-order valence-corrected chi connectivity index (χ0v) is 11.6. The molecule has 0 atom stereocenters. The van der Waals surface area contributed by atoms with Crippen LogP contribution < -0.4 is 4.90 Å². The third-order valence-electron chi connectivity index (χ3n) is 3.22. The molecule has 0 bridgehead atoms. The van der Waals surface area contributed by atoms with E-state index in [0.717, 1.165) is 44.0 Å². The zero-order chi connectivity index (χ0) is 13.0. The van der Waals surface area contributed by atoms with Crippen molar-refractivity contribution in [3.63, 3.8) is 0 Å². The van der Waals surface area contributed by atoms with E-state index in [9.17, 15) is 0 Å². The molecule has 0 saturated carbocycles. The summed E-state index contributed by atoms with van der Waals surface area (Å²) < 4.78 is 5.89. The number of aryl methyl sites for hydroxylation is 1. The van der Waals surface area contributed by atoms with Crippen molar-refractivity contribution < 1.29 is 4.74 Å². The molecule has 1 aliphatic heterocycles. The van der Waals surface area contributed by atoms with Gasteiger partial charge in [-0.05, 0) is 25.7 Å². The van der Waals surface area contributed by atoms with E-state index in [0.29, 0.717) is 12.0 Å². The van der Waals surface area contributed by atoms with Gasteiger partial charge < -0.3 is 9.64 Å². The molecule has 1 saturated heterocycles. The van der Waals surface area contributed by atoms with Crippen LogP contribution in [0, 0.1) is 12.8 Å². The van der Waals surface area contributed by atoms with Crippen LogP contribution in [-0.2, 0) is 4.74 Å². The summed E-state index contributed by atoms with van der Waals surface area (Å²) in [6.45, 7) is 9.32. The fourth-order valence-electron chi connectivity index (χ4n) is 2.19. The monoisotopic (exact) mass is 249 g/mol. The van der Waals surface area contributed by atoms with E-state index >= 15 is 0 Å². The Balaban J connectivity index is 1.83. The normalized spacial score (nSPS) is 17.4. The van der Waals surface area contributed by atoms with Crippen LogP contribution in [0.25, 0.3) is 0 Å². The van der Waals surface area contributed by atoms with Crippen molar-refractivity contribution in [1.29, 1.82) is 0 Å². The van der Waals surface area contributed by atoms with E-state index < -0.39 is 0 Å². The van der Waals surface area contributed by atoms with Crippen molar-refractivity contribution in [2.45, 2.75) is 39.7 Å². The summed E-state index contributed by atoms with van der Waals surface area (Å²) in [4.78, 5) is 10.8. The highest BCUT2D eigenvalue weighted by Crippen LogP contribution is 2.20. The van der Waals surface area contributed by atoms with E-state index in [4.69, 9.17) is 4.74 Å². The van der Waals surface area contributed by atoms with Gasteiger partial charge in [-0.1, -0.05) is 13.8 Å². The molecule has 0 spiro atoms. The number of hydrogen-bond donors (Lipinski definition) is 0. The number of nitrogens with zero attached hydrogens (tertiary/aromatic N) is 3. The molecule has 100 valence electrons. The highest BCUT2D eigenvalue weighted by Gasteiger charge is 2.20. The fraction of sp³-hybridized carbons (Fsp3) is 0.714. The highest BCUT2D eigenvalue weighted by atomic mass is 16.5. The Hall–Kier alpha value is -1.16. The predicted octanol–water partition coefficient (Wildman–Crippen LogP) is 2.43. The zero-order valence-electron chi connectivity index (χ0n) is 11.6. The van der Waals surface area contributed by atoms with Crippen LogP contribution >= 0.6 is 0 Å². The van der Waals surface area contributed by atoms with Crippen LogP contribution in [0.1, 0.15) is 32.4 Å². The minimum Gasteiger partial charge on any atom is -0.378 e. The summed E-state index contributed by atoms with van der Waals surface area (Å²) in [6, 6.07) is 2.05. The summed E-state index contributed by atoms with van der Waals surface area (Å²) in [6.07, 6.45) is 4.25. The minimum absolute atomic E-state index is 0.423. The van der Waals surface area contributed by atoms with Gasteiger partial charge in [0.1, 0.15) is 12.1 Å². The van der Waals surface area contributed by atoms with Gasteiger partial charge >= 0.3 is 0 Å². The van der Waals surface area contributed by atoms with Gasteiger partial charge in [-0.25, -0.2) is 9.97 Å². The van der Waals surface area contributed by atoms with Gasteiger partial charge in [0.05, 0.1) is 6.10 Å². The second-order valence-corrected chi connectivity index (χ2v) is 5.43. The smallest absolute Gasteiger partial charge is 0.132 e. The molecule has 1 aromatic heterocycles. The summed E-state index contributed by atoms with van der Waals surface area (Å²) in [7, 11) is 0. The average molecular weight is 249 g/mol. The van der Waals surface area contributed by atoms with Gasteiger partial charge in [0, 0.05) is 31.5 Å². The molecule has 0 aromatic carbocycles. The number of ether oxygens (including phenoxy) is 1. The maximum Gasteiger partial charge on any atom is 0.132 e. The van der Waals surface area contributed by atoms with Gasteiger partial charge in [0.25, 0.3) is 0 Å². The fourth-order valence-corrected chi connectivity index (χ4v) is 2.19. The Labute approximate surface area is 109 Å². The van der Waals surface area contributed by atoms with Crippen LogP contribution in [0.2, 0.25) is 0 Å². The number of rotatable bonds is 4. The van der Waals surface area contributed by atoms with Gasteiger partial charge in [-0.3, -0.25) is 0 Å². The molecule has 2 rings (SSSR count). The lowest BCUT2D eigenvalue weighted by Gasteiger charge is -2.33.